The van der Waals surface area contributed by atoms with Crippen molar-refractivity contribution >= 4 is 5.69 Å². The Hall–Kier alpha value is -1.53. The fourth-order valence-electron chi connectivity index (χ4n) is 1.49. The van der Waals surface area contributed by atoms with Crippen LogP contribution >= 0.6 is 0 Å². The lowest BCUT2D eigenvalue weighted by atomic mass is 10.1. The molecule has 0 amide bonds. The van der Waals surface area contributed by atoms with Crippen LogP contribution in [-0.4, -0.2) is 18.5 Å². The fourth-order valence-corrected chi connectivity index (χ4v) is 1.49. The number of nitrogens with two attached hydrogens (primary N) is 1. The molecule has 0 saturated heterocycles. The van der Waals surface area contributed by atoms with Gasteiger partial charge in [0.15, 0.2) is 0 Å². The number of anilines is 1. The molecule has 0 aromatic heterocycles. The summed E-state index contributed by atoms with van der Waals surface area (Å²) in [6, 6.07) is 10.3. The lowest BCUT2D eigenvalue weighted by Crippen LogP contribution is -2.23. The van der Waals surface area contributed by atoms with Crippen LogP contribution in [0.1, 0.15) is 24.9 Å². The summed E-state index contributed by atoms with van der Waals surface area (Å²) >= 11 is 0. The van der Waals surface area contributed by atoms with Crippen molar-refractivity contribution in [2.24, 2.45) is 0 Å². The molecule has 0 aliphatic rings. The number of nitrogen functional groups attached to an aromatic ring is 1. The van der Waals surface area contributed by atoms with Gasteiger partial charge in [-0.05, 0) is 31.7 Å². The SMILES string of the molecule is CC(c1cccc(N)c1)N(C)CCC#N. The smallest absolute Gasteiger partial charge is 0.0635 e. The topological polar surface area (TPSA) is 53.0 Å². The number of hydrogen-bond acceptors (Lipinski definition) is 3. The Morgan fingerprint density at radius 1 is 1.53 bits per heavy atom. The van der Waals surface area contributed by atoms with Crippen LogP contribution in [-0.2, 0) is 0 Å². The zero-order valence-corrected chi connectivity index (χ0v) is 9.27. The van der Waals surface area contributed by atoms with Gasteiger partial charge in [-0.25, -0.2) is 0 Å². The van der Waals surface area contributed by atoms with E-state index in [-0.39, 0.29) is 0 Å². The van der Waals surface area contributed by atoms with Crippen molar-refractivity contribution in [1.82, 2.24) is 4.90 Å². The third-order valence-electron chi connectivity index (χ3n) is 2.63. The summed E-state index contributed by atoms with van der Waals surface area (Å²) in [5.74, 6) is 0. The molecular formula is C12H17N3. The summed E-state index contributed by atoms with van der Waals surface area (Å²) < 4.78 is 0. The molecule has 15 heavy (non-hydrogen) atoms. The monoisotopic (exact) mass is 203 g/mol. The Balaban J connectivity index is 2.67. The molecule has 2 N–H and O–H groups in total. The molecule has 1 unspecified atom stereocenters. The Labute approximate surface area is 91.1 Å². The van der Waals surface area contributed by atoms with Crippen LogP contribution < -0.4 is 5.73 Å². The van der Waals surface area contributed by atoms with Crippen molar-refractivity contribution < 1.29 is 0 Å². The molecule has 0 fully saturated rings. The Kier molecular flexibility index (Phi) is 4.14. The van der Waals surface area contributed by atoms with Gasteiger partial charge >= 0.3 is 0 Å². The second-order valence-electron chi connectivity index (χ2n) is 3.73. The van der Waals surface area contributed by atoms with Crippen molar-refractivity contribution in [3.63, 3.8) is 0 Å². The van der Waals surface area contributed by atoms with Crippen LogP contribution in [0.15, 0.2) is 24.3 Å². The summed E-state index contributed by atoms with van der Waals surface area (Å²) in [6.07, 6.45) is 0.559. The van der Waals surface area contributed by atoms with Gasteiger partial charge in [-0.3, -0.25) is 4.90 Å². The van der Waals surface area contributed by atoms with Crippen molar-refractivity contribution in [3.05, 3.63) is 29.8 Å². The van der Waals surface area contributed by atoms with E-state index in [0.717, 1.165) is 12.2 Å². The van der Waals surface area contributed by atoms with E-state index in [1.807, 2.05) is 25.2 Å². The summed E-state index contributed by atoms with van der Waals surface area (Å²) in [6.45, 7) is 2.90. The summed E-state index contributed by atoms with van der Waals surface area (Å²) in [7, 11) is 2.02. The highest BCUT2D eigenvalue weighted by Gasteiger charge is 2.10. The maximum absolute atomic E-state index is 8.51. The number of nitriles is 1. The molecule has 1 rings (SSSR count). The Morgan fingerprint density at radius 2 is 2.27 bits per heavy atom. The van der Waals surface area contributed by atoms with Gasteiger partial charge in [0.05, 0.1) is 6.07 Å². The first kappa shape index (κ1) is 11.5. The van der Waals surface area contributed by atoms with Gasteiger partial charge in [0.2, 0.25) is 0 Å². The van der Waals surface area contributed by atoms with Gasteiger partial charge in [0, 0.05) is 24.7 Å². The molecule has 0 aliphatic carbocycles. The summed E-state index contributed by atoms with van der Waals surface area (Å²) in [5.41, 5.74) is 7.70. The van der Waals surface area contributed by atoms with Gasteiger partial charge in [0.25, 0.3) is 0 Å². The predicted octanol–water partition coefficient (Wildman–Crippen LogP) is 2.18. The third-order valence-corrected chi connectivity index (χ3v) is 2.63. The summed E-state index contributed by atoms with van der Waals surface area (Å²) in [5, 5.41) is 8.51. The molecule has 1 aromatic carbocycles. The van der Waals surface area contributed by atoms with Crippen molar-refractivity contribution in [2.45, 2.75) is 19.4 Å². The van der Waals surface area contributed by atoms with Gasteiger partial charge in [-0.2, -0.15) is 5.26 Å². The van der Waals surface area contributed by atoms with E-state index < -0.39 is 0 Å². The van der Waals surface area contributed by atoms with E-state index in [0.29, 0.717) is 12.5 Å². The molecule has 3 nitrogen and oxygen atoms in total. The maximum Gasteiger partial charge on any atom is 0.0635 e. The minimum Gasteiger partial charge on any atom is -0.399 e. The molecule has 3 heteroatoms. The molecule has 0 radical (unpaired) electrons. The van der Waals surface area contributed by atoms with Crippen LogP contribution in [0.4, 0.5) is 5.69 Å². The Bertz CT molecular complexity index is 354. The molecule has 0 aliphatic heterocycles. The van der Waals surface area contributed by atoms with E-state index in [2.05, 4.69) is 24.0 Å². The molecular weight excluding hydrogens is 186 g/mol. The quantitative estimate of drug-likeness (QED) is 0.763. The lowest BCUT2D eigenvalue weighted by molar-refractivity contribution is 0.267. The van der Waals surface area contributed by atoms with Gasteiger partial charge in [-0.1, -0.05) is 12.1 Å². The zero-order valence-electron chi connectivity index (χ0n) is 9.27. The van der Waals surface area contributed by atoms with Gasteiger partial charge in [-0.15, -0.1) is 0 Å². The van der Waals surface area contributed by atoms with E-state index in [9.17, 15) is 0 Å². The van der Waals surface area contributed by atoms with E-state index in [1.165, 1.54) is 5.56 Å². The number of benzene rings is 1. The number of nitrogens with zero attached hydrogens (tertiary/aromatic N) is 2. The average molecular weight is 203 g/mol. The van der Waals surface area contributed by atoms with Crippen molar-refractivity contribution in [3.8, 4) is 6.07 Å². The molecule has 80 valence electrons. The molecule has 1 aromatic rings. The van der Waals surface area contributed by atoms with Crippen molar-refractivity contribution in [1.29, 1.82) is 5.26 Å². The van der Waals surface area contributed by atoms with Gasteiger partial charge < -0.3 is 5.73 Å². The molecule has 0 spiro atoms. The Morgan fingerprint density at radius 3 is 2.87 bits per heavy atom. The van der Waals surface area contributed by atoms with E-state index in [4.69, 9.17) is 11.0 Å². The first-order valence-electron chi connectivity index (χ1n) is 5.07. The van der Waals surface area contributed by atoms with Crippen LogP contribution in [0.3, 0.4) is 0 Å². The fraction of sp³-hybridized carbons (Fsp3) is 0.417. The lowest BCUT2D eigenvalue weighted by Gasteiger charge is -2.24. The van der Waals surface area contributed by atoms with Gasteiger partial charge in [0.1, 0.15) is 0 Å². The highest BCUT2D eigenvalue weighted by atomic mass is 15.1. The minimum atomic E-state index is 0.293. The largest absolute Gasteiger partial charge is 0.399 e. The number of rotatable bonds is 4. The molecule has 1 atom stereocenters. The average Bonchev–Trinajstić information content (AvgIpc) is 2.24. The van der Waals surface area contributed by atoms with Crippen molar-refractivity contribution in [2.75, 3.05) is 19.3 Å². The van der Waals surface area contributed by atoms with Crippen LogP contribution in [0.2, 0.25) is 0 Å². The standard InChI is InChI=1S/C12H17N3/c1-10(15(2)8-4-7-13)11-5-3-6-12(14)9-11/h3,5-6,9-10H,4,8,14H2,1-2H3. The first-order chi connectivity index (χ1) is 7.15. The highest BCUT2D eigenvalue weighted by Crippen LogP contribution is 2.20. The van der Waals surface area contributed by atoms with E-state index in [1.54, 1.807) is 0 Å². The molecule has 0 heterocycles. The van der Waals surface area contributed by atoms with Crippen LogP contribution in [0.5, 0.6) is 0 Å². The van der Waals surface area contributed by atoms with Crippen LogP contribution in [0.25, 0.3) is 0 Å². The minimum absolute atomic E-state index is 0.293. The summed E-state index contributed by atoms with van der Waals surface area (Å²) in [4.78, 5) is 2.15. The normalized spacial score (nSPS) is 12.4. The molecule has 0 saturated carbocycles. The second kappa shape index (κ2) is 5.38. The highest BCUT2D eigenvalue weighted by molar-refractivity contribution is 5.41. The maximum atomic E-state index is 8.51. The second-order valence-corrected chi connectivity index (χ2v) is 3.73. The van der Waals surface area contributed by atoms with E-state index >= 15 is 0 Å². The number of hydrogen-bond donors (Lipinski definition) is 1. The predicted molar refractivity (Wildman–Crippen MR) is 62.1 cm³/mol. The van der Waals surface area contributed by atoms with Crippen LogP contribution in [0, 0.1) is 11.3 Å². The first-order valence-corrected chi connectivity index (χ1v) is 5.07. The molecule has 0 bridgehead atoms. The zero-order chi connectivity index (χ0) is 11.3. The third kappa shape index (κ3) is 3.26.